The normalized spacial score (nSPS) is 14.2. The second-order valence-electron chi connectivity index (χ2n) is 10.2. The van der Waals surface area contributed by atoms with Crippen molar-refractivity contribution in [2.45, 2.75) is 57.7 Å². The van der Waals surface area contributed by atoms with Crippen LogP contribution in [-0.4, -0.2) is 37.3 Å². The van der Waals surface area contributed by atoms with Gasteiger partial charge in [0.05, 0.1) is 32.3 Å². The molecule has 1 atom stereocenters. The number of aromatic nitrogens is 4. The van der Waals surface area contributed by atoms with Crippen molar-refractivity contribution in [2.75, 3.05) is 5.73 Å². The maximum Gasteiger partial charge on any atom is 0.408 e. The van der Waals surface area contributed by atoms with Gasteiger partial charge in [0.1, 0.15) is 39.3 Å². The minimum atomic E-state index is -0.794. The smallest absolute Gasteiger partial charge is 0.408 e. The van der Waals surface area contributed by atoms with E-state index in [-0.39, 0.29) is 23.4 Å². The molecular formula is C27H25BrF2N6O2S. The Morgan fingerprint density at radius 3 is 2.74 bits per heavy atom. The molecule has 12 heteroatoms. The molecule has 1 amide bonds. The van der Waals surface area contributed by atoms with Crippen molar-refractivity contribution >= 4 is 60.4 Å². The molecular weight excluding hydrogens is 590 g/mol. The monoisotopic (exact) mass is 614 g/mol. The average Bonchev–Trinajstić information content (AvgIpc) is 3.56. The van der Waals surface area contributed by atoms with Crippen LogP contribution in [0.3, 0.4) is 0 Å². The van der Waals surface area contributed by atoms with Crippen molar-refractivity contribution in [3.05, 3.63) is 57.4 Å². The first kappa shape index (κ1) is 27.0. The van der Waals surface area contributed by atoms with Gasteiger partial charge < -0.3 is 20.4 Å². The highest BCUT2D eigenvalue weighted by molar-refractivity contribution is 9.10. The quantitative estimate of drug-likeness (QED) is 0.210. The van der Waals surface area contributed by atoms with Gasteiger partial charge in [-0.15, -0.1) is 17.9 Å². The molecule has 3 aromatic heterocycles. The Morgan fingerprint density at radius 1 is 1.36 bits per heavy atom. The summed E-state index contributed by atoms with van der Waals surface area (Å²) in [6.45, 7) is 9.29. The predicted octanol–water partition coefficient (Wildman–Crippen LogP) is 6.02. The minimum Gasteiger partial charge on any atom is -0.444 e. The number of nitrogens with two attached hydrogens (primary N) is 1. The van der Waals surface area contributed by atoms with E-state index in [0.29, 0.717) is 31.8 Å². The Kier molecular flexibility index (Phi) is 7.07. The van der Waals surface area contributed by atoms with Crippen LogP contribution in [-0.2, 0) is 11.3 Å². The van der Waals surface area contributed by atoms with E-state index in [4.69, 9.17) is 10.5 Å². The van der Waals surface area contributed by atoms with Gasteiger partial charge in [0.2, 0.25) is 0 Å². The number of hydrogen-bond acceptors (Lipinski definition) is 7. The van der Waals surface area contributed by atoms with Crippen molar-refractivity contribution in [1.82, 2.24) is 24.8 Å². The van der Waals surface area contributed by atoms with E-state index in [0.717, 1.165) is 17.8 Å². The number of fused-ring (bicyclic) bond motifs is 2. The van der Waals surface area contributed by atoms with Crippen molar-refractivity contribution in [3.8, 4) is 11.8 Å². The Morgan fingerprint density at radius 2 is 2.08 bits per heavy atom. The highest BCUT2D eigenvalue weighted by Gasteiger charge is 2.29. The molecule has 5 rings (SSSR count). The van der Waals surface area contributed by atoms with Crippen molar-refractivity contribution < 1.29 is 18.3 Å². The first-order chi connectivity index (χ1) is 18.5. The third-order valence-electron chi connectivity index (χ3n) is 6.00. The summed E-state index contributed by atoms with van der Waals surface area (Å²) in [7, 11) is 0. The zero-order valence-electron chi connectivity index (χ0n) is 21.4. The third-order valence-corrected chi connectivity index (χ3v) is 7.99. The number of anilines is 1. The molecule has 3 N–H and O–H groups in total. The second kappa shape index (κ2) is 10.2. The predicted molar refractivity (Wildman–Crippen MR) is 150 cm³/mol. The van der Waals surface area contributed by atoms with Crippen LogP contribution < -0.4 is 11.1 Å². The summed E-state index contributed by atoms with van der Waals surface area (Å²) in [4.78, 5) is 25.2. The molecule has 0 aliphatic heterocycles. The summed E-state index contributed by atoms with van der Waals surface area (Å²) in [6, 6.07) is 0.727. The summed E-state index contributed by atoms with van der Waals surface area (Å²) in [5, 5.41) is 3.98. The topological polar surface area (TPSA) is 108 Å². The number of nitrogen functional groups attached to an aromatic ring is 1. The van der Waals surface area contributed by atoms with E-state index >= 15 is 4.39 Å². The molecule has 0 spiro atoms. The maximum absolute atomic E-state index is 15.4. The maximum atomic E-state index is 15.4. The van der Waals surface area contributed by atoms with E-state index in [2.05, 4.69) is 54.6 Å². The van der Waals surface area contributed by atoms with Gasteiger partial charge in [-0.1, -0.05) is 17.9 Å². The van der Waals surface area contributed by atoms with Gasteiger partial charge in [-0.2, -0.15) is 0 Å². The number of benzene rings is 1. The fourth-order valence-electron chi connectivity index (χ4n) is 4.04. The van der Waals surface area contributed by atoms with Crippen molar-refractivity contribution in [1.29, 1.82) is 0 Å². The molecule has 4 aromatic rings. The Balaban J connectivity index is 1.54. The standard InChI is InChI=1S/C27H25BrF2N6O2S/c1-5-14(34-26(37)38-27(2,3)4)11-36-22(28)16(19-23(31)32-12-33-24(19)36)9-8-15-17(29)10-18-21(20(15)30)35-25(39-18)13-6-7-13/h5,10,12-14H,1,6-7,11H2,2-4H3,(H,34,37)(H2,31,32,33). The number of halogens is 3. The lowest BCUT2D eigenvalue weighted by molar-refractivity contribution is 0.0511. The Hall–Kier alpha value is -3.56. The van der Waals surface area contributed by atoms with Gasteiger partial charge in [-0.3, -0.25) is 0 Å². The number of hydrogen-bond donors (Lipinski definition) is 2. The van der Waals surface area contributed by atoms with Crippen LogP contribution in [0.5, 0.6) is 0 Å². The molecule has 0 saturated heterocycles. The van der Waals surface area contributed by atoms with Crippen LogP contribution >= 0.6 is 27.3 Å². The average molecular weight is 616 g/mol. The molecule has 39 heavy (non-hydrogen) atoms. The number of alkyl carbamates (subject to hydrolysis) is 1. The number of carbonyl (C=O) groups excluding carboxylic acids is 1. The molecule has 1 aromatic carbocycles. The fourth-order valence-corrected chi connectivity index (χ4v) is 5.81. The summed E-state index contributed by atoms with van der Waals surface area (Å²) in [5.41, 5.74) is 6.01. The summed E-state index contributed by atoms with van der Waals surface area (Å²) in [6.07, 6.45) is 4.27. The third kappa shape index (κ3) is 5.46. The molecule has 1 fully saturated rings. The van der Waals surface area contributed by atoms with Crippen LogP contribution in [0, 0.1) is 23.5 Å². The summed E-state index contributed by atoms with van der Waals surface area (Å²) >= 11 is 4.85. The molecule has 1 unspecified atom stereocenters. The number of nitrogens with one attached hydrogen (secondary N) is 1. The number of ether oxygens (including phenoxy) is 1. The number of amides is 1. The van der Waals surface area contributed by atoms with Gasteiger partial charge in [-0.25, -0.2) is 28.5 Å². The molecule has 202 valence electrons. The lowest BCUT2D eigenvalue weighted by Gasteiger charge is -2.22. The molecule has 1 aliphatic rings. The van der Waals surface area contributed by atoms with Crippen molar-refractivity contribution in [2.24, 2.45) is 0 Å². The highest BCUT2D eigenvalue weighted by atomic mass is 79.9. The number of thiazole rings is 1. The van der Waals surface area contributed by atoms with E-state index < -0.39 is 29.4 Å². The van der Waals surface area contributed by atoms with Gasteiger partial charge in [0, 0.05) is 12.5 Å². The molecule has 3 heterocycles. The van der Waals surface area contributed by atoms with E-state index in [1.54, 1.807) is 31.4 Å². The van der Waals surface area contributed by atoms with Crippen LogP contribution in [0.2, 0.25) is 0 Å². The zero-order valence-corrected chi connectivity index (χ0v) is 23.8. The lowest BCUT2D eigenvalue weighted by atomic mass is 10.1. The number of rotatable bonds is 5. The van der Waals surface area contributed by atoms with Gasteiger partial charge in [0.15, 0.2) is 5.82 Å². The van der Waals surface area contributed by atoms with Gasteiger partial charge in [0.25, 0.3) is 0 Å². The molecule has 8 nitrogen and oxygen atoms in total. The van der Waals surface area contributed by atoms with Crippen LogP contribution in [0.15, 0.2) is 29.7 Å². The first-order valence-electron chi connectivity index (χ1n) is 12.2. The largest absolute Gasteiger partial charge is 0.444 e. The Bertz CT molecular complexity index is 1690. The summed E-state index contributed by atoms with van der Waals surface area (Å²) in [5.74, 6) is 4.42. The molecule has 1 saturated carbocycles. The highest BCUT2D eigenvalue weighted by Crippen LogP contribution is 2.44. The van der Waals surface area contributed by atoms with Crippen molar-refractivity contribution in [3.63, 3.8) is 0 Å². The van der Waals surface area contributed by atoms with E-state index in [1.165, 1.54) is 23.7 Å². The molecule has 0 bridgehead atoms. The summed E-state index contributed by atoms with van der Waals surface area (Å²) < 4.78 is 38.3. The van der Waals surface area contributed by atoms with E-state index in [1.807, 2.05) is 0 Å². The van der Waals surface area contributed by atoms with Gasteiger partial charge in [-0.05, 0) is 55.6 Å². The first-order valence-corrected chi connectivity index (χ1v) is 13.8. The zero-order chi connectivity index (χ0) is 28.1. The van der Waals surface area contributed by atoms with Crippen LogP contribution in [0.25, 0.3) is 21.3 Å². The van der Waals surface area contributed by atoms with Crippen LogP contribution in [0.4, 0.5) is 19.4 Å². The second-order valence-corrected chi connectivity index (χ2v) is 12.0. The number of carbonyl (C=O) groups is 1. The SMILES string of the molecule is C=CC(Cn1c(Br)c(C#Cc2c(F)cc3sc(C4CC4)nc3c2F)c2c(N)ncnc21)NC(=O)OC(C)(C)C. The van der Waals surface area contributed by atoms with E-state index in [9.17, 15) is 9.18 Å². The Labute approximate surface area is 235 Å². The molecule has 0 radical (unpaired) electrons. The lowest BCUT2D eigenvalue weighted by Crippen LogP contribution is -2.40. The minimum absolute atomic E-state index is 0.124. The van der Waals surface area contributed by atoms with Crippen LogP contribution in [0.1, 0.15) is 55.7 Å². The van der Waals surface area contributed by atoms with Gasteiger partial charge >= 0.3 is 6.09 Å². The molecule has 1 aliphatic carbocycles. The fraction of sp³-hybridized carbons (Fsp3) is 0.333. The number of nitrogens with zero attached hydrogens (tertiary/aromatic N) is 4.